The van der Waals surface area contributed by atoms with E-state index in [9.17, 15) is 4.79 Å². The number of rotatable bonds is 1. The molecule has 1 aromatic heterocycles. The SMILES string of the molecule is CC(C)N1CCN2c3ncccc3NC(=O)C2C1. The van der Waals surface area contributed by atoms with Gasteiger partial charge in [0.05, 0.1) is 5.69 Å². The summed E-state index contributed by atoms with van der Waals surface area (Å²) < 4.78 is 0. The van der Waals surface area contributed by atoms with Crippen molar-refractivity contribution >= 4 is 17.4 Å². The highest BCUT2D eigenvalue weighted by atomic mass is 16.2. The van der Waals surface area contributed by atoms with Gasteiger partial charge < -0.3 is 10.2 Å². The molecule has 18 heavy (non-hydrogen) atoms. The van der Waals surface area contributed by atoms with Crippen LogP contribution in [0.1, 0.15) is 13.8 Å². The maximum Gasteiger partial charge on any atom is 0.248 e. The van der Waals surface area contributed by atoms with Crippen molar-refractivity contribution < 1.29 is 4.79 Å². The molecule has 5 nitrogen and oxygen atoms in total. The molecule has 2 aliphatic rings. The van der Waals surface area contributed by atoms with Crippen LogP contribution < -0.4 is 10.2 Å². The Bertz CT molecular complexity index is 474. The fraction of sp³-hybridized carbons (Fsp3) is 0.538. The van der Waals surface area contributed by atoms with E-state index in [1.807, 2.05) is 12.1 Å². The Balaban J connectivity index is 1.91. The molecule has 1 saturated heterocycles. The van der Waals surface area contributed by atoms with Gasteiger partial charge in [-0.1, -0.05) is 0 Å². The third-order valence-electron chi connectivity index (χ3n) is 3.76. The second-order valence-corrected chi connectivity index (χ2v) is 5.16. The average molecular weight is 246 g/mol. The van der Waals surface area contributed by atoms with E-state index in [0.717, 1.165) is 31.1 Å². The summed E-state index contributed by atoms with van der Waals surface area (Å²) in [7, 11) is 0. The van der Waals surface area contributed by atoms with E-state index in [2.05, 4.69) is 33.9 Å². The van der Waals surface area contributed by atoms with Crippen molar-refractivity contribution in [2.75, 3.05) is 29.9 Å². The molecule has 3 rings (SSSR count). The van der Waals surface area contributed by atoms with Crippen LogP contribution in [-0.4, -0.2) is 47.5 Å². The third-order valence-corrected chi connectivity index (χ3v) is 3.76. The van der Waals surface area contributed by atoms with Gasteiger partial charge in [0.25, 0.3) is 0 Å². The highest BCUT2D eigenvalue weighted by Crippen LogP contribution is 2.31. The van der Waals surface area contributed by atoms with E-state index in [1.54, 1.807) is 6.20 Å². The zero-order valence-electron chi connectivity index (χ0n) is 10.8. The quantitative estimate of drug-likeness (QED) is 0.801. The molecule has 1 N–H and O–H groups in total. The summed E-state index contributed by atoms with van der Waals surface area (Å²) in [6, 6.07) is 4.13. The molecule has 5 heteroatoms. The summed E-state index contributed by atoms with van der Waals surface area (Å²) >= 11 is 0. The number of hydrogen-bond acceptors (Lipinski definition) is 4. The minimum Gasteiger partial charge on any atom is -0.340 e. The van der Waals surface area contributed by atoms with Crippen LogP contribution in [0.15, 0.2) is 18.3 Å². The number of anilines is 2. The zero-order valence-corrected chi connectivity index (χ0v) is 10.8. The largest absolute Gasteiger partial charge is 0.340 e. The molecule has 0 saturated carbocycles. The highest BCUT2D eigenvalue weighted by Gasteiger charge is 2.38. The number of carbonyl (C=O) groups is 1. The van der Waals surface area contributed by atoms with Gasteiger partial charge in [-0.15, -0.1) is 0 Å². The van der Waals surface area contributed by atoms with E-state index < -0.39 is 0 Å². The van der Waals surface area contributed by atoms with Crippen LogP contribution in [0, 0.1) is 0 Å². The van der Waals surface area contributed by atoms with Gasteiger partial charge in [0.1, 0.15) is 6.04 Å². The van der Waals surface area contributed by atoms with Crippen molar-refractivity contribution in [3.05, 3.63) is 18.3 Å². The minimum atomic E-state index is -0.108. The third kappa shape index (κ3) is 1.75. The van der Waals surface area contributed by atoms with Crippen LogP contribution in [0.4, 0.5) is 11.5 Å². The maximum absolute atomic E-state index is 12.2. The van der Waals surface area contributed by atoms with E-state index in [0.29, 0.717) is 6.04 Å². The van der Waals surface area contributed by atoms with Gasteiger partial charge in [-0.05, 0) is 26.0 Å². The van der Waals surface area contributed by atoms with Crippen LogP contribution in [0.5, 0.6) is 0 Å². The predicted molar refractivity (Wildman–Crippen MR) is 70.7 cm³/mol. The lowest BCUT2D eigenvalue weighted by atomic mass is 10.1. The Morgan fingerprint density at radius 1 is 1.44 bits per heavy atom. The average Bonchev–Trinajstić information content (AvgIpc) is 2.38. The summed E-state index contributed by atoms with van der Waals surface area (Å²) in [6.07, 6.45) is 1.78. The fourth-order valence-electron chi connectivity index (χ4n) is 2.69. The molecule has 1 aromatic rings. The second-order valence-electron chi connectivity index (χ2n) is 5.16. The van der Waals surface area contributed by atoms with Gasteiger partial charge in [0, 0.05) is 31.9 Å². The van der Waals surface area contributed by atoms with Crippen LogP contribution in [-0.2, 0) is 4.79 Å². The van der Waals surface area contributed by atoms with Gasteiger partial charge in [-0.3, -0.25) is 9.69 Å². The normalized spacial score (nSPS) is 23.6. The van der Waals surface area contributed by atoms with E-state index in [-0.39, 0.29) is 11.9 Å². The molecule has 1 fully saturated rings. The molecule has 0 bridgehead atoms. The number of carbonyl (C=O) groups excluding carboxylic acids is 1. The number of nitrogens with zero attached hydrogens (tertiary/aromatic N) is 3. The summed E-state index contributed by atoms with van der Waals surface area (Å²) in [5.74, 6) is 0.992. The van der Waals surface area contributed by atoms with Crippen LogP contribution in [0.3, 0.4) is 0 Å². The maximum atomic E-state index is 12.2. The lowest BCUT2D eigenvalue weighted by Gasteiger charge is -2.45. The van der Waals surface area contributed by atoms with Crippen LogP contribution in [0.25, 0.3) is 0 Å². The summed E-state index contributed by atoms with van der Waals surface area (Å²) in [5.41, 5.74) is 0.830. The van der Waals surface area contributed by atoms with Crippen molar-refractivity contribution in [2.24, 2.45) is 0 Å². The van der Waals surface area contributed by atoms with Crippen molar-refractivity contribution in [1.29, 1.82) is 0 Å². The van der Waals surface area contributed by atoms with Gasteiger partial charge >= 0.3 is 0 Å². The number of amides is 1. The molecule has 2 aliphatic heterocycles. The standard InChI is InChI=1S/C13H18N4O/c1-9(2)16-6-7-17-11(8-16)13(18)15-10-4-3-5-14-12(10)17/h3-5,9,11H,6-8H2,1-2H3,(H,15,18). The minimum absolute atomic E-state index is 0.0841. The summed E-state index contributed by atoms with van der Waals surface area (Å²) in [5, 5.41) is 2.95. The molecule has 1 amide bonds. The molecule has 1 unspecified atom stereocenters. The Kier molecular flexibility index (Phi) is 2.70. The van der Waals surface area contributed by atoms with Crippen LogP contribution >= 0.6 is 0 Å². The molecule has 0 aliphatic carbocycles. The number of hydrogen-bond donors (Lipinski definition) is 1. The zero-order chi connectivity index (χ0) is 12.7. The Morgan fingerprint density at radius 2 is 2.28 bits per heavy atom. The lowest BCUT2D eigenvalue weighted by molar-refractivity contribution is -0.118. The van der Waals surface area contributed by atoms with Gasteiger partial charge in [0.15, 0.2) is 5.82 Å². The van der Waals surface area contributed by atoms with Crippen molar-refractivity contribution in [3.63, 3.8) is 0 Å². The fourth-order valence-corrected chi connectivity index (χ4v) is 2.69. The first-order valence-electron chi connectivity index (χ1n) is 6.43. The molecule has 1 atom stereocenters. The molecule has 96 valence electrons. The smallest absolute Gasteiger partial charge is 0.248 e. The summed E-state index contributed by atoms with van der Waals surface area (Å²) in [6.45, 7) is 6.96. The first-order valence-corrected chi connectivity index (χ1v) is 6.43. The molecular formula is C13H18N4O. The molecular weight excluding hydrogens is 228 g/mol. The van der Waals surface area contributed by atoms with E-state index in [4.69, 9.17) is 0 Å². The Morgan fingerprint density at radius 3 is 3.06 bits per heavy atom. The molecule has 0 spiro atoms. The first-order chi connectivity index (χ1) is 8.66. The molecule has 3 heterocycles. The number of fused-ring (bicyclic) bond motifs is 3. The van der Waals surface area contributed by atoms with Crippen molar-refractivity contribution in [2.45, 2.75) is 25.9 Å². The lowest BCUT2D eigenvalue weighted by Crippen LogP contribution is -2.61. The predicted octanol–water partition coefficient (Wildman–Crippen LogP) is 0.933. The first kappa shape index (κ1) is 11.5. The number of nitrogens with one attached hydrogen (secondary N) is 1. The Labute approximate surface area is 107 Å². The monoisotopic (exact) mass is 246 g/mol. The Hall–Kier alpha value is -1.62. The van der Waals surface area contributed by atoms with E-state index in [1.165, 1.54) is 0 Å². The molecule has 0 radical (unpaired) electrons. The number of pyridine rings is 1. The van der Waals surface area contributed by atoms with Crippen molar-refractivity contribution in [1.82, 2.24) is 9.88 Å². The van der Waals surface area contributed by atoms with E-state index >= 15 is 0 Å². The summed E-state index contributed by atoms with van der Waals surface area (Å²) in [4.78, 5) is 21.0. The number of piperazine rings is 1. The van der Waals surface area contributed by atoms with Crippen molar-refractivity contribution in [3.8, 4) is 0 Å². The van der Waals surface area contributed by atoms with Gasteiger partial charge in [-0.2, -0.15) is 0 Å². The van der Waals surface area contributed by atoms with Crippen LogP contribution in [0.2, 0.25) is 0 Å². The van der Waals surface area contributed by atoms with Gasteiger partial charge in [0.2, 0.25) is 5.91 Å². The topological polar surface area (TPSA) is 48.5 Å². The number of aromatic nitrogens is 1. The molecule has 0 aromatic carbocycles. The highest BCUT2D eigenvalue weighted by molar-refractivity contribution is 6.03. The van der Waals surface area contributed by atoms with Gasteiger partial charge in [-0.25, -0.2) is 4.98 Å². The second kappa shape index (κ2) is 4.24.